The lowest BCUT2D eigenvalue weighted by Gasteiger charge is -2.39. The monoisotopic (exact) mass is 333 g/mol. The molecule has 0 saturated carbocycles. The first-order valence-corrected chi connectivity index (χ1v) is 9.20. The molecular weight excluding hydrogens is 302 g/mol. The van der Waals surface area contributed by atoms with Crippen LogP contribution in [0.25, 0.3) is 0 Å². The molecule has 0 spiro atoms. The largest absolute Gasteiger partial charge is 0.340 e. The SMILES string of the molecule is CC(=O)N1CCN([C@H]2CN(Cc3ccn(C(C)C)n3)C[C@H]2C)CC1. The zero-order valence-corrected chi connectivity index (χ0v) is 15.5. The molecule has 0 unspecified atom stereocenters. The van der Waals surface area contributed by atoms with E-state index in [1.165, 1.54) is 0 Å². The van der Waals surface area contributed by atoms with E-state index in [-0.39, 0.29) is 5.91 Å². The van der Waals surface area contributed by atoms with Gasteiger partial charge in [0.2, 0.25) is 5.91 Å². The predicted octanol–water partition coefficient (Wildman–Crippen LogP) is 1.45. The molecule has 0 N–H and O–H groups in total. The number of carbonyl (C=O) groups is 1. The third-order valence-electron chi connectivity index (χ3n) is 5.46. The minimum absolute atomic E-state index is 0.205. The molecule has 2 aliphatic rings. The molecule has 1 aromatic heterocycles. The molecule has 2 aliphatic heterocycles. The summed E-state index contributed by atoms with van der Waals surface area (Å²) < 4.78 is 2.04. The Morgan fingerprint density at radius 3 is 2.54 bits per heavy atom. The number of hydrogen-bond donors (Lipinski definition) is 0. The van der Waals surface area contributed by atoms with Crippen molar-refractivity contribution in [2.75, 3.05) is 39.3 Å². The minimum atomic E-state index is 0.205. The second kappa shape index (κ2) is 7.23. The van der Waals surface area contributed by atoms with E-state index in [0.717, 1.165) is 51.5 Å². The van der Waals surface area contributed by atoms with Crippen molar-refractivity contribution in [3.63, 3.8) is 0 Å². The third-order valence-corrected chi connectivity index (χ3v) is 5.46. The van der Waals surface area contributed by atoms with E-state index in [9.17, 15) is 4.79 Å². The number of aromatic nitrogens is 2. The number of piperazine rings is 1. The highest BCUT2D eigenvalue weighted by Crippen LogP contribution is 2.24. The van der Waals surface area contributed by atoms with Crippen LogP contribution in [0, 0.1) is 5.92 Å². The predicted molar refractivity (Wildman–Crippen MR) is 94.7 cm³/mol. The normalized spacial score (nSPS) is 26.5. The fraction of sp³-hybridized carbons (Fsp3) is 0.778. The fourth-order valence-electron chi connectivity index (χ4n) is 4.00. The van der Waals surface area contributed by atoms with Crippen molar-refractivity contribution in [2.45, 2.75) is 46.3 Å². The van der Waals surface area contributed by atoms with Crippen LogP contribution in [-0.4, -0.2) is 75.7 Å². The molecule has 24 heavy (non-hydrogen) atoms. The van der Waals surface area contributed by atoms with Crippen LogP contribution < -0.4 is 0 Å². The lowest BCUT2D eigenvalue weighted by Crippen LogP contribution is -2.53. The Labute approximate surface area is 145 Å². The molecular formula is C18H31N5O. The molecule has 3 heterocycles. The van der Waals surface area contributed by atoms with Gasteiger partial charge in [-0.2, -0.15) is 5.10 Å². The fourth-order valence-corrected chi connectivity index (χ4v) is 4.00. The minimum Gasteiger partial charge on any atom is -0.340 e. The highest BCUT2D eigenvalue weighted by Gasteiger charge is 2.35. The molecule has 0 aliphatic carbocycles. The van der Waals surface area contributed by atoms with Crippen LogP contribution in [-0.2, 0) is 11.3 Å². The maximum atomic E-state index is 11.5. The Hall–Kier alpha value is -1.40. The Morgan fingerprint density at radius 2 is 1.96 bits per heavy atom. The van der Waals surface area contributed by atoms with Crippen LogP contribution in [0.2, 0.25) is 0 Å². The van der Waals surface area contributed by atoms with Crippen molar-refractivity contribution in [1.82, 2.24) is 24.5 Å². The second-order valence-corrected chi connectivity index (χ2v) is 7.66. The molecule has 6 nitrogen and oxygen atoms in total. The van der Waals surface area contributed by atoms with Gasteiger partial charge in [0.05, 0.1) is 5.69 Å². The first-order chi connectivity index (χ1) is 11.4. The van der Waals surface area contributed by atoms with E-state index in [2.05, 4.69) is 47.9 Å². The van der Waals surface area contributed by atoms with Crippen LogP contribution in [0.1, 0.15) is 39.4 Å². The van der Waals surface area contributed by atoms with Gasteiger partial charge in [-0.1, -0.05) is 6.92 Å². The van der Waals surface area contributed by atoms with Gasteiger partial charge in [-0.25, -0.2) is 0 Å². The molecule has 2 atom stereocenters. The Bertz CT molecular complexity index is 562. The Morgan fingerprint density at radius 1 is 1.25 bits per heavy atom. The molecule has 0 aromatic carbocycles. The van der Waals surface area contributed by atoms with E-state index >= 15 is 0 Å². The standard InChI is InChI=1S/C18H31N5O/c1-14(2)23-6-5-17(19-23)12-20-11-15(3)18(13-20)22-9-7-21(8-10-22)16(4)24/h5-6,14-15,18H,7-13H2,1-4H3/t15-,18+/m1/s1. The average Bonchev–Trinajstić information content (AvgIpc) is 3.14. The molecule has 2 fully saturated rings. The molecule has 0 bridgehead atoms. The van der Waals surface area contributed by atoms with Crippen molar-refractivity contribution in [3.05, 3.63) is 18.0 Å². The van der Waals surface area contributed by atoms with Crippen LogP contribution in [0.5, 0.6) is 0 Å². The Kier molecular flexibility index (Phi) is 5.25. The second-order valence-electron chi connectivity index (χ2n) is 7.66. The van der Waals surface area contributed by atoms with Crippen molar-refractivity contribution >= 4 is 5.91 Å². The van der Waals surface area contributed by atoms with Crippen molar-refractivity contribution in [2.24, 2.45) is 5.92 Å². The van der Waals surface area contributed by atoms with Crippen molar-refractivity contribution in [3.8, 4) is 0 Å². The summed E-state index contributed by atoms with van der Waals surface area (Å²) in [4.78, 5) is 18.6. The van der Waals surface area contributed by atoms with Crippen LogP contribution >= 0.6 is 0 Å². The summed E-state index contributed by atoms with van der Waals surface area (Å²) >= 11 is 0. The maximum absolute atomic E-state index is 11.5. The summed E-state index contributed by atoms with van der Waals surface area (Å²) in [5.41, 5.74) is 1.16. The number of hydrogen-bond acceptors (Lipinski definition) is 4. The molecule has 1 aromatic rings. The number of rotatable bonds is 4. The smallest absolute Gasteiger partial charge is 0.219 e. The topological polar surface area (TPSA) is 44.6 Å². The van der Waals surface area contributed by atoms with Crippen molar-refractivity contribution in [1.29, 1.82) is 0 Å². The lowest BCUT2D eigenvalue weighted by molar-refractivity contribution is -0.130. The molecule has 2 saturated heterocycles. The zero-order chi connectivity index (χ0) is 17.3. The number of carbonyl (C=O) groups excluding carboxylic acids is 1. The summed E-state index contributed by atoms with van der Waals surface area (Å²) in [6, 6.07) is 3.16. The van der Waals surface area contributed by atoms with Gasteiger partial charge in [0.25, 0.3) is 0 Å². The van der Waals surface area contributed by atoms with Gasteiger partial charge in [0, 0.05) is 71.0 Å². The van der Waals surface area contributed by atoms with Gasteiger partial charge in [0.1, 0.15) is 0 Å². The van der Waals surface area contributed by atoms with Gasteiger partial charge in [-0.15, -0.1) is 0 Å². The van der Waals surface area contributed by atoms with Crippen LogP contribution in [0.3, 0.4) is 0 Å². The summed E-state index contributed by atoms with van der Waals surface area (Å²) in [6.07, 6.45) is 2.08. The summed E-state index contributed by atoms with van der Waals surface area (Å²) in [7, 11) is 0. The van der Waals surface area contributed by atoms with Gasteiger partial charge in [-0.3, -0.25) is 19.3 Å². The summed E-state index contributed by atoms with van der Waals surface area (Å²) in [5.74, 6) is 0.873. The van der Waals surface area contributed by atoms with Gasteiger partial charge < -0.3 is 4.90 Å². The highest BCUT2D eigenvalue weighted by atomic mass is 16.2. The van der Waals surface area contributed by atoms with E-state index in [1.807, 2.05) is 9.58 Å². The Balaban J connectivity index is 1.54. The summed E-state index contributed by atoms with van der Waals surface area (Å²) in [5, 5.41) is 4.68. The van der Waals surface area contributed by atoms with E-state index < -0.39 is 0 Å². The molecule has 3 rings (SSSR count). The maximum Gasteiger partial charge on any atom is 0.219 e. The number of likely N-dealkylation sites (tertiary alicyclic amines) is 1. The number of nitrogens with zero attached hydrogens (tertiary/aromatic N) is 5. The first-order valence-electron chi connectivity index (χ1n) is 9.20. The lowest BCUT2D eigenvalue weighted by atomic mass is 10.0. The van der Waals surface area contributed by atoms with Crippen molar-refractivity contribution < 1.29 is 4.79 Å². The molecule has 134 valence electrons. The van der Waals surface area contributed by atoms with Crippen LogP contribution in [0.15, 0.2) is 12.3 Å². The number of amides is 1. The van der Waals surface area contributed by atoms with Gasteiger partial charge >= 0.3 is 0 Å². The highest BCUT2D eigenvalue weighted by molar-refractivity contribution is 5.73. The van der Waals surface area contributed by atoms with E-state index in [0.29, 0.717) is 18.0 Å². The zero-order valence-electron chi connectivity index (χ0n) is 15.5. The average molecular weight is 333 g/mol. The van der Waals surface area contributed by atoms with Crippen LogP contribution in [0.4, 0.5) is 0 Å². The first kappa shape index (κ1) is 17.4. The molecule has 6 heteroatoms. The summed E-state index contributed by atoms with van der Waals surface area (Å²) in [6.45, 7) is 15.3. The van der Waals surface area contributed by atoms with E-state index in [1.54, 1.807) is 6.92 Å². The molecule has 1 amide bonds. The van der Waals surface area contributed by atoms with Gasteiger partial charge in [0.15, 0.2) is 0 Å². The molecule has 0 radical (unpaired) electrons. The quantitative estimate of drug-likeness (QED) is 0.837. The van der Waals surface area contributed by atoms with E-state index in [4.69, 9.17) is 0 Å². The third kappa shape index (κ3) is 3.81. The van der Waals surface area contributed by atoms with Gasteiger partial charge in [-0.05, 0) is 25.8 Å².